The summed E-state index contributed by atoms with van der Waals surface area (Å²) in [5, 5.41) is 8.00. The third-order valence-electron chi connectivity index (χ3n) is 4.78. The van der Waals surface area contributed by atoms with Crippen LogP contribution in [0.2, 0.25) is 0 Å². The summed E-state index contributed by atoms with van der Waals surface area (Å²) in [5.41, 5.74) is 0.101. The molecule has 1 atom stereocenters. The van der Waals surface area contributed by atoms with Crippen LogP contribution in [0.3, 0.4) is 0 Å². The molecule has 0 saturated carbocycles. The van der Waals surface area contributed by atoms with Crippen molar-refractivity contribution in [1.29, 1.82) is 0 Å². The smallest absolute Gasteiger partial charge is 0.191 e. The second kappa shape index (κ2) is 11.4. The fourth-order valence-corrected chi connectivity index (χ4v) is 4.04. The van der Waals surface area contributed by atoms with E-state index >= 15 is 0 Å². The third-order valence-corrected chi connectivity index (χ3v) is 5.75. The fourth-order valence-electron chi connectivity index (χ4n) is 3.26. The number of nitrogens with zero attached hydrogens (tertiary/aromatic N) is 3. The Labute approximate surface area is 180 Å². The lowest BCUT2D eigenvalue weighted by Gasteiger charge is -2.42. The van der Waals surface area contributed by atoms with Gasteiger partial charge in [0.2, 0.25) is 0 Å². The van der Waals surface area contributed by atoms with Crippen LogP contribution in [-0.4, -0.2) is 54.1 Å². The molecule has 5 nitrogen and oxygen atoms in total. The van der Waals surface area contributed by atoms with E-state index in [4.69, 9.17) is 4.99 Å². The van der Waals surface area contributed by atoms with Crippen molar-refractivity contribution in [2.75, 3.05) is 32.7 Å². The van der Waals surface area contributed by atoms with Crippen molar-refractivity contribution >= 4 is 41.3 Å². The van der Waals surface area contributed by atoms with E-state index in [9.17, 15) is 0 Å². The van der Waals surface area contributed by atoms with Gasteiger partial charge in [0, 0.05) is 42.7 Å². The van der Waals surface area contributed by atoms with Crippen LogP contribution in [0.25, 0.3) is 0 Å². The zero-order chi connectivity index (χ0) is 18.3. The Morgan fingerprint density at radius 2 is 2.19 bits per heavy atom. The minimum Gasteiger partial charge on any atom is -0.357 e. The van der Waals surface area contributed by atoms with Gasteiger partial charge in [-0.15, -0.1) is 35.3 Å². The van der Waals surface area contributed by atoms with Crippen molar-refractivity contribution in [2.45, 2.75) is 59.4 Å². The zero-order valence-electron chi connectivity index (χ0n) is 17.0. The highest BCUT2D eigenvalue weighted by Gasteiger charge is 2.29. The van der Waals surface area contributed by atoms with Crippen LogP contribution in [0.4, 0.5) is 0 Å². The fraction of sp³-hybridized carbons (Fsp3) is 0.789. The summed E-state index contributed by atoms with van der Waals surface area (Å²) >= 11 is 1.77. The number of aryl methyl sites for hydroxylation is 1. The lowest BCUT2D eigenvalue weighted by atomic mass is 9.94. The van der Waals surface area contributed by atoms with Gasteiger partial charge in [-0.1, -0.05) is 6.92 Å². The average Bonchev–Trinajstić information content (AvgIpc) is 2.98. The molecule has 1 aromatic heterocycles. The molecule has 1 aromatic rings. The number of hydrogen-bond acceptors (Lipinski definition) is 4. The molecule has 1 saturated heterocycles. The van der Waals surface area contributed by atoms with E-state index in [1.807, 2.05) is 6.20 Å². The largest absolute Gasteiger partial charge is 0.357 e. The van der Waals surface area contributed by atoms with Crippen molar-refractivity contribution in [2.24, 2.45) is 10.9 Å². The van der Waals surface area contributed by atoms with E-state index < -0.39 is 0 Å². The second-order valence-electron chi connectivity index (χ2n) is 7.74. The van der Waals surface area contributed by atoms with Crippen LogP contribution in [-0.2, 0) is 6.42 Å². The van der Waals surface area contributed by atoms with Gasteiger partial charge in [0.05, 0.1) is 11.6 Å². The van der Waals surface area contributed by atoms with Crippen LogP contribution >= 0.6 is 35.3 Å². The lowest BCUT2D eigenvalue weighted by Crippen LogP contribution is -2.51. The minimum absolute atomic E-state index is 0. The van der Waals surface area contributed by atoms with E-state index in [2.05, 4.69) is 55.1 Å². The van der Waals surface area contributed by atoms with E-state index in [0.29, 0.717) is 0 Å². The molecule has 1 fully saturated rings. The first kappa shape index (κ1) is 23.6. The highest BCUT2D eigenvalue weighted by atomic mass is 127. The highest BCUT2D eigenvalue weighted by molar-refractivity contribution is 14.0. The Bertz CT molecular complexity index is 558. The number of piperidine rings is 1. The van der Waals surface area contributed by atoms with Gasteiger partial charge >= 0.3 is 0 Å². The number of rotatable bonds is 7. The number of hydrogen-bond donors (Lipinski definition) is 2. The normalized spacial score (nSPS) is 19.1. The van der Waals surface area contributed by atoms with Crippen molar-refractivity contribution in [3.63, 3.8) is 0 Å². The van der Waals surface area contributed by atoms with Crippen LogP contribution in [0.15, 0.2) is 11.2 Å². The molecule has 2 heterocycles. The zero-order valence-corrected chi connectivity index (χ0v) is 20.1. The lowest BCUT2D eigenvalue weighted by molar-refractivity contribution is 0.0774. The molecule has 0 amide bonds. The SMILES string of the molecule is CCNC(=NCC(C)(C)N1CCCC(C)C1)NCCc1ncc(C)s1.I. The van der Waals surface area contributed by atoms with E-state index in [1.54, 1.807) is 11.3 Å². The minimum atomic E-state index is 0. The Morgan fingerprint density at radius 1 is 1.42 bits per heavy atom. The monoisotopic (exact) mass is 493 g/mol. The molecular formula is C19H36IN5S. The molecule has 26 heavy (non-hydrogen) atoms. The third kappa shape index (κ3) is 7.68. The number of aliphatic imine (C=N–C) groups is 1. The molecule has 7 heteroatoms. The highest BCUT2D eigenvalue weighted by Crippen LogP contribution is 2.24. The molecule has 2 N–H and O–H groups in total. The standard InChI is InChI=1S/C19H35N5S.HI/c1-6-20-18(21-10-9-17-22-12-16(3)25-17)23-14-19(4,5)24-11-7-8-15(2)13-24;/h12,15H,6-11,13-14H2,1-5H3,(H2,20,21,23);1H. The molecule has 0 aromatic carbocycles. The molecule has 0 spiro atoms. The molecule has 1 aliphatic heterocycles. The van der Waals surface area contributed by atoms with Gasteiger partial charge in [0.1, 0.15) is 0 Å². The number of guanidine groups is 1. The van der Waals surface area contributed by atoms with Gasteiger partial charge in [0.25, 0.3) is 0 Å². The molecular weight excluding hydrogens is 457 g/mol. The Balaban J connectivity index is 0.00000338. The van der Waals surface area contributed by atoms with Crippen LogP contribution < -0.4 is 10.6 Å². The van der Waals surface area contributed by atoms with Gasteiger partial charge in [-0.3, -0.25) is 9.89 Å². The van der Waals surface area contributed by atoms with Gasteiger partial charge in [0.15, 0.2) is 5.96 Å². The topological polar surface area (TPSA) is 52.6 Å². The van der Waals surface area contributed by atoms with E-state index in [1.165, 1.54) is 35.8 Å². The van der Waals surface area contributed by atoms with Crippen molar-refractivity contribution in [1.82, 2.24) is 20.5 Å². The molecule has 2 rings (SSSR count). The number of likely N-dealkylation sites (tertiary alicyclic amines) is 1. The van der Waals surface area contributed by atoms with Gasteiger partial charge in [-0.05, 0) is 53.0 Å². The van der Waals surface area contributed by atoms with E-state index in [0.717, 1.165) is 37.9 Å². The number of halogens is 1. The Hall–Kier alpha value is -0.410. The van der Waals surface area contributed by atoms with Crippen molar-refractivity contribution in [3.8, 4) is 0 Å². The number of aromatic nitrogens is 1. The molecule has 0 radical (unpaired) electrons. The predicted molar refractivity (Wildman–Crippen MR) is 124 cm³/mol. The van der Waals surface area contributed by atoms with Crippen molar-refractivity contribution < 1.29 is 0 Å². The summed E-state index contributed by atoms with van der Waals surface area (Å²) in [7, 11) is 0. The van der Waals surface area contributed by atoms with Crippen LogP contribution in [0, 0.1) is 12.8 Å². The molecule has 150 valence electrons. The summed E-state index contributed by atoms with van der Waals surface area (Å²) < 4.78 is 0. The van der Waals surface area contributed by atoms with Gasteiger partial charge in [-0.25, -0.2) is 4.98 Å². The van der Waals surface area contributed by atoms with Crippen LogP contribution in [0.1, 0.15) is 50.4 Å². The van der Waals surface area contributed by atoms with Gasteiger partial charge in [-0.2, -0.15) is 0 Å². The first-order valence-electron chi connectivity index (χ1n) is 9.59. The first-order chi connectivity index (χ1) is 11.9. The number of thiazole rings is 1. The summed E-state index contributed by atoms with van der Waals surface area (Å²) in [6.45, 7) is 16.1. The maximum atomic E-state index is 4.86. The summed E-state index contributed by atoms with van der Waals surface area (Å²) in [6.07, 6.45) is 5.55. The maximum Gasteiger partial charge on any atom is 0.191 e. The van der Waals surface area contributed by atoms with E-state index in [-0.39, 0.29) is 29.5 Å². The molecule has 1 unspecified atom stereocenters. The average molecular weight is 494 g/mol. The quantitative estimate of drug-likeness (QED) is 0.346. The Morgan fingerprint density at radius 3 is 2.81 bits per heavy atom. The maximum absolute atomic E-state index is 4.86. The number of nitrogens with one attached hydrogen (secondary N) is 2. The predicted octanol–water partition coefficient (Wildman–Crippen LogP) is 3.68. The summed E-state index contributed by atoms with van der Waals surface area (Å²) in [5.74, 6) is 1.71. The van der Waals surface area contributed by atoms with Crippen molar-refractivity contribution in [3.05, 3.63) is 16.1 Å². The first-order valence-corrected chi connectivity index (χ1v) is 10.4. The molecule has 1 aliphatic rings. The molecule has 0 bridgehead atoms. The Kier molecular flexibility index (Phi) is 10.4. The second-order valence-corrected chi connectivity index (χ2v) is 9.06. The van der Waals surface area contributed by atoms with Crippen LogP contribution in [0.5, 0.6) is 0 Å². The van der Waals surface area contributed by atoms with Gasteiger partial charge < -0.3 is 10.6 Å². The molecule has 0 aliphatic carbocycles. The summed E-state index contributed by atoms with van der Waals surface area (Å²) in [6, 6.07) is 0. The summed E-state index contributed by atoms with van der Waals surface area (Å²) in [4.78, 5) is 13.2.